The molecule has 0 saturated heterocycles. The molecule has 1 unspecified atom stereocenters. The van der Waals surface area contributed by atoms with Crippen LogP contribution >= 0.6 is 0 Å². The van der Waals surface area contributed by atoms with E-state index in [4.69, 9.17) is 0 Å². The van der Waals surface area contributed by atoms with Crippen molar-refractivity contribution in [1.29, 1.82) is 0 Å². The fourth-order valence-electron chi connectivity index (χ4n) is 3.27. The number of benzene rings is 2. The Bertz CT molecular complexity index is 801. The van der Waals surface area contributed by atoms with Crippen LogP contribution in [0.2, 0.25) is 0 Å². The first-order valence-corrected chi connectivity index (χ1v) is 8.97. The highest BCUT2D eigenvalue weighted by molar-refractivity contribution is 5.99. The van der Waals surface area contributed by atoms with Crippen molar-refractivity contribution in [2.45, 2.75) is 32.7 Å². The lowest BCUT2D eigenvalue weighted by atomic mass is 10.0. The number of para-hydroxylation sites is 1. The number of amides is 2. The first-order valence-electron chi connectivity index (χ1n) is 8.97. The molecule has 5 heteroatoms. The van der Waals surface area contributed by atoms with Gasteiger partial charge in [-0.1, -0.05) is 18.2 Å². The van der Waals surface area contributed by atoms with Crippen molar-refractivity contribution in [1.82, 2.24) is 0 Å². The molecule has 26 heavy (non-hydrogen) atoms. The highest BCUT2D eigenvalue weighted by Gasteiger charge is 2.26. The number of aryl methyl sites for hydroxylation is 1. The van der Waals surface area contributed by atoms with Crippen molar-refractivity contribution in [3.63, 3.8) is 0 Å². The van der Waals surface area contributed by atoms with Crippen molar-refractivity contribution in [2.24, 2.45) is 0 Å². The van der Waals surface area contributed by atoms with Crippen molar-refractivity contribution in [2.75, 3.05) is 28.7 Å². The molecule has 0 aliphatic carbocycles. The van der Waals surface area contributed by atoms with Crippen molar-refractivity contribution < 1.29 is 9.59 Å². The molecule has 0 bridgehead atoms. The summed E-state index contributed by atoms with van der Waals surface area (Å²) in [6.07, 6.45) is 2.01. The second kappa shape index (κ2) is 7.60. The smallest absolute Gasteiger partial charge is 0.249 e. The standard InChI is InChI=1S/C21H25N3O2/c1-15(22-18-10-12-19(13-11-18)23(3)16(2)25)21(26)24-14-6-8-17-7-4-5-9-20(17)24/h4-5,7,9-13,15,22H,6,8,14H2,1-3H3. The summed E-state index contributed by atoms with van der Waals surface area (Å²) in [6.45, 7) is 4.17. The molecule has 1 aliphatic rings. The van der Waals surface area contributed by atoms with Crippen molar-refractivity contribution >= 4 is 28.9 Å². The van der Waals surface area contributed by atoms with Gasteiger partial charge in [0.25, 0.3) is 0 Å². The van der Waals surface area contributed by atoms with Crippen LogP contribution in [0.3, 0.4) is 0 Å². The molecule has 1 aliphatic heterocycles. The molecule has 5 nitrogen and oxygen atoms in total. The molecule has 136 valence electrons. The summed E-state index contributed by atoms with van der Waals surface area (Å²) in [5.41, 5.74) is 3.94. The van der Waals surface area contributed by atoms with Crippen LogP contribution in [0.25, 0.3) is 0 Å². The minimum Gasteiger partial charge on any atom is -0.374 e. The molecule has 2 aromatic carbocycles. The summed E-state index contributed by atoms with van der Waals surface area (Å²) >= 11 is 0. The lowest BCUT2D eigenvalue weighted by Crippen LogP contribution is -2.44. The number of carbonyl (C=O) groups is 2. The maximum atomic E-state index is 12.9. The number of rotatable bonds is 4. The Hall–Kier alpha value is -2.82. The maximum absolute atomic E-state index is 12.9. The summed E-state index contributed by atoms with van der Waals surface area (Å²) in [5.74, 6) is 0.0556. The van der Waals surface area contributed by atoms with E-state index in [-0.39, 0.29) is 17.9 Å². The number of nitrogens with zero attached hydrogens (tertiary/aromatic N) is 2. The van der Waals surface area contributed by atoms with E-state index in [1.807, 2.05) is 54.3 Å². The Kier molecular flexibility index (Phi) is 5.26. The fourth-order valence-corrected chi connectivity index (χ4v) is 3.27. The topological polar surface area (TPSA) is 52.7 Å². The van der Waals surface area contributed by atoms with E-state index in [1.165, 1.54) is 12.5 Å². The predicted molar refractivity (Wildman–Crippen MR) is 106 cm³/mol. The van der Waals surface area contributed by atoms with Crippen LogP contribution in [-0.2, 0) is 16.0 Å². The Balaban J connectivity index is 1.69. The number of fused-ring (bicyclic) bond motifs is 1. The Morgan fingerprint density at radius 2 is 1.81 bits per heavy atom. The van der Waals surface area contributed by atoms with Gasteiger partial charge in [-0.3, -0.25) is 9.59 Å². The summed E-state index contributed by atoms with van der Waals surface area (Å²) < 4.78 is 0. The van der Waals surface area contributed by atoms with Gasteiger partial charge in [0, 0.05) is 37.6 Å². The summed E-state index contributed by atoms with van der Waals surface area (Å²) in [7, 11) is 1.74. The highest BCUT2D eigenvalue weighted by atomic mass is 16.2. The quantitative estimate of drug-likeness (QED) is 0.918. The van der Waals surface area contributed by atoms with Gasteiger partial charge in [0.15, 0.2) is 0 Å². The zero-order valence-electron chi connectivity index (χ0n) is 15.5. The molecule has 0 fully saturated rings. The molecule has 0 aromatic heterocycles. The van der Waals surface area contributed by atoms with E-state index in [2.05, 4.69) is 11.4 Å². The van der Waals surface area contributed by atoms with Crippen LogP contribution in [0.1, 0.15) is 25.8 Å². The molecule has 1 heterocycles. The van der Waals surface area contributed by atoms with Gasteiger partial charge in [0.2, 0.25) is 11.8 Å². The first kappa shape index (κ1) is 18.0. The predicted octanol–water partition coefficient (Wildman–Crippen LogP) is 3.45. The van der Waals surface area contributed by atoms with Crippen LogP contribution < -0.4 is 15.1 Å². The molecular weight excluding hydrogens is 326 g/mol. The van der Waals surface area contributed by atoms with Crippen LogP contribution in [0.5, 0.6) is 0 Å². The van der Waals surface area contributed by atoms with Crippen molar-refractivity contribution in [3.8, 4) is 0 Å². The van der Waals surface area contributed by atoms with Gasteiger partial charge in [0.05, 0.1) is 0 Å². The van der Waals surface area contributed by atoms with Gasteiger partial charge >= 0.3 is 0 Å². The van der Waals surface area contributed by atoms with Crippen molar-refractivity contribution in [3.05, 3.63) is 54.1 Å². The minimum absolute atomic E-state index is 0.0157. The lowest BCUT2D eigenvalue weighted by molar-refractivity contribution is -0.119. The normalized spacial score (nSPS) is 14.3. The van der Waals surface area contributed by atoms with E-state index in [9.17, 15) is 9.59 Å². The van der Waals surface area contributed by atoms with Crippen LogP contribution in [0.4, 0.5) is 17.1 Å². The summed E-state index contributed by atoms with van der Waals surface area (Å²) in [5, 5.41) is 3.27. The third-order valence-corrected chi connectivity index (χ3v) is 4.86. The SMILES string of the molecule is CC(=O)N(C)c1ccc(NC(C)C(=O)N2CCCc3ccccc32)cc1. The number of hydrogen-bond donors (Lipinski definition) is 1. The molecule has 2 amide bonds. The third-order valence-electron chi connectivity index (χ3n) is 4.86. The largest absolute Gasteiger partial charge is 0.374 e. The molecule has 0 saturated carbocycles. The van der Waals surface area contributed by atoms with Gasteiger partial charge in [-0.15, -0.1) is 0 Å². The highest BCUT2D eigenvalue weighted by Crippen LogP contribution is 2.27. The molecule has 3 rings (SSSR count). The molecule has 1 atom stereocenters. The average Bonchev–Trinajstić information content (AvgIpc) is 2.66. The van der Waals surface area contributed by atoms with E-state index in [0.29, 0.717) is 0 Å². The average molecular weight is 351 g/mol. The van der Waals surface area contributed by atoms with Crippen LogP contribution in [0.15, 0.2) is 48.5 Å². The second-order valence-corrected chi connectivity index (χ2v) is 6.71. The fraction of sp³-hybridized carbons (Fsp3) is 0.333. The Morgan fingerprint density at radius 1 is 1.12 bits per heavy atom. The molecule has 0 radical (unpaired) electrons. The van der Waals surface area contributed by atoms with Gasteiger partial charge in [-0.25, -0.2) is 0 Å². The third kappa shape index (κ3) is 3.72. The zero-order chi connectivity index (χ0) is 18.7. The number of anilines is 3. The Labute approximate surface area is 154 Å². The van der Waals surface area contributed by atoms with E-state index < -0.39 is 0 Å². The molecular formula is C21H25N3O2. The van der Waals surface area contributed by atoms with E-state index >= 15 is 0 Å². The molecule has 2 aromatic rings. The van der Waals surface area contributed by atoms with E-state index in [0.717, 1.165) is 36.4 Å². The lowest BCUT2D eigenvalue weighted by Gasteiger charge is -2.32. The minimum atomic E-state index is -0.336. The van der Waals surface area contributed by atoms with E-state index in [1.54, 1.807) is 11.9 Å². The van der Waals surface area contributed by atoms with Gasteiger partial charge < -0.3 is 15.1 Å². The maximum Gasteiger partial charge on any atom is 0.249 e. The molecule has 0 spiro atoms. The van der Waals surface area contributed by atoms with Crippen LogP contribution in [0, 0.1) is 0 Å². The zero-order valence-corrected chi connectivity index (χ0v) is 15.5. The number of hydrogen-bond acceptors (Lipinski definition) is 3. The monoisotopic (exact) mass is 351 g/mol. The van der Waals surface area contributed by atoms with Gasteiger partial charge in [0.1, 0.15) is 6.04 Å². The molecule has 1 N–H and O–H groups in total. The van der Waals surface area contributed by atoms with Gasteiger partial charge in [-0.2, -0.15) is 0 Å². The number of carbonyl (C=O) groups excluding carboxylic acids is 2. The summed E-state index contributed by atoms with van der Waals surface area (Å²) in [6, 6.07) is 15.3. The van der Waals surface area contributed by atoms with Crippen LogP contribution in [-0.4, -0.2) is 31.4 Å². The number of nitrogens with one attached hydrogen (secondary N) is 1. The Morgan fingerprint density at radius 3 is 2.50 bits per heavy atom. The van der Waals surface area contributed by atoms with Gasteiger partial charge in [-0.05, 0) is 55.7 Å². The summed E-state index contributed by atoms with van der Waals surface area (Å²) in [4.78, 5) is 27.8. The first-order chi connectivity index (χ1) is 12.5. The second-order valence-electron chi connectivity index (χ2n) is 6.71.